The summed E-state index contributed by atoms with van der Waals surface area (Å²) in [6.45, 7) is 5.51. The largest absolute Gasteiger partial charge is 0.397 e. The van der Waals surface area contributed by atoms with Crippen LogP contribution in [0.15, 0.2) is 0 Å². The maximum Gasteiger partial charge on any atom is 0.397 e. The van der Waals surface area contributed by atoms with Crippen LogP contribution in [0.25, 0.3) is 0 Å². The van der Waals surface area contributed by atoms with Crippen molar-refractivity contribution >= 4 is 10.4 Å². The highest BCUT2D eigenvalue weighted by Gasteiger charge is 2.18. The first-order valence-electron chi connectivity index (χ1n) is 6.11. The zero-order valence-corrected chi connectivity index (χ0v) is 12.6. The Labute approximate surface area is 115 Å². The predicted octanol–water partition coefficient (Wildman–Crippen LogP) is 1.24. The fraction of sp³-hybridized carbons (Fsp3) is 1.00. The van der Waals surface area contributed by atoms with Gasteiger partial charge in [-0.3, -0.25) is 8.74 Å². The van der Waals surface area contributed by atoms with Gasteiger partial charge in [-0.05, 0) is 18.2 Å². The SMILES string of the molecule is CCCCCOCC[N+](O)(O)CC.COS(=O)(=O)O. The Morgan fingerprint density at radius 2 is 1.63 bits per heavy atom. The average Bonchev–Trinajstić information content (AvgIpc) is 2.33. The monoisotopic (exact) mass is 304 g/mol. The van der Waals surface area contributed by atoms with Gasteiger partial charge in [-0.25, -0.2) is 0 Å². The number of nitrogens with zero attached hydrogens (tertiary/aromatic N) is 1. The van der Waals surface area contributed by atoms with Crippen LogP contribution in [0.4, 0.5) is 0 Å². The number of unbranched alkanes of at least 4 members (excludes halogenated alkanes) is 2. The molecular weight excluding hydrogens is 278 g/mol. The Balaban J connectivity index is 0. The van der Waals surface area contributed by atoms with Crippen molar-refractivity contribution in [3.63, 3.8) is 0 Å². The van der Waals surface area contributed by atoms with E-state index in [9.17, 15) is 8.42 Å². The number of likely N-dealkylation sites (N-methyl/N-ethyl adjacent to an activating group) is 1. The number of rotatable bonds is 9. The molecule has 0 atom stereocenters. The molecule has 9 heteroatoms. The highest BCUT2D eigenvalue weighted by molar-refractivity contribution is 7.80. The van der Waals surface area contributed by atoms with E-state index < -0.39 is 15.2 Å². The molecule has 118 valence electrons. The lowest BCUT2D eigenvalue weighted by Gasteiger charge is -2.18. The maximum absolute atomic E-state index is 9.33. The van der Waals surface area contributed by atoms with E-state index in [0.717, 1.165) is 20.1 Å². The van der Waals surface area contributed by atoms with Crippen LogP contribution in [-0.4, -0.2) is 61.6 Å². The molecule has 0 bridgehead atoms. The summed E-state index contributed by atoms with van der Waals surface area (Å²) in [5.74, 6) is 0. The highest BCUT2D eigenvalue weighted by atomic mass is 32.3. The molecule has 0 aliphatic rings. The minimum Gasteiger partial charge on any atom is -0.375 e. The first-order valence-corrected chi connectivity index (χ1v) is 7.48. The normalized spacial score (nSPS) is 11.9. The zero-order valence-electron chi connectivity index (χ0n) is 11.8. The molecule has 0 amide bonds. The van der Waals surface area contributed by atoms with Gasteiger partial charge in [0.25, 0.3) is 0 Å². The summed E-state index contributed by atoms with van der Waals surface area (Å²) in [7, 11) is -3.29. The molecule has 0 aliphatic carbocycles. The Kier molecular flexibility index (Phi) is 12.8. The minimum atomic E-state index is -4.16. The van der Waals surface area contributed by atoms with E-state index in [1.54, 1.807) is 6.92 Å². The Morgan fingerprint density at radius 3 is 2.00 bits per heavy atom. The first-order chi connectivity index (χ1) is 8.68. The van der Waals surface area contributed by atoms with Crippen molar-refractivity contribution in [2.24, 2.45) is 0 Å². The van der Waals surface area contributed by atoms with E-state index in [1.807, 2.05) is 0 Å². The number of hydrogen-bond donors (Lipinski definition) is 3. The summed E-state index contributed by atoms with van der Waals surface area (Å²) in [6, 6.07) is 0. The van der Waals surface area contributed by atoms with Crippen LogP contribution in [0.5, 0.6) is 0 Å². The smallest absolute Gasteiger partial charge is 0.375 e. The van der Waals surface area contributed by atoms with Crippen LogP contribution in [0.2, 0.25) is 0 Å². The number of quaternary nitrogens is 1. The van der Waals surface area contributed by atoms with Crippen LogP contribution in [-0.2, 0) is 19.3 Å². The van der Waals surface area contributed by atoms with Gasteiger partial charge in [0, 0.05) is 6.61 Å². The number of hydroxylamine groups is 4. The zero-order chi connectivity index (χ0) is 15.4. The predicted molar refractivity (Wildman–Crippen MR) is 68.1 cm³/mol. The van der Waals surface area contributed by atoms with Gasteiger partial charge in [0.05, 0.1) is 7.11 Å². The van der Waals surface area contributed by atoms with Crippen LogP contribution in [0, 0.1) is 0 Å². The third-order valence-electron chi connectivity index (χ3n) is 2.20. The molecule has 0 aromatic rings. The van der Waals surface area contributed by atoms with E-state index in [4.69, 9.17) is 19.7 Å². The van der Waals surface area contributed by atoms with Crippen molar-refractivity contribution in [1.82, 2.24) is 0 Å². The highest BCUT2D eigenvalue weighted by Crippen LogP contribution is 1.97. The van der Waals surface area contributed by atoms with E-state index in [1.165, 1.54) is 12.8 Å². The topological polar surface area (TPSA) is 113 Å². The standard InChI is InChI=1S/C9H22NO3.CH4O4S/c1-3-5-6-8-13-9-7-10(11,12)4-2;1-5-6(2,3)4/h11-12H,3-9H2,1-2H3;1H3,(H,2,3,4)/q+1;. The van der Waals surface area contributed by atoms with Gasteiger partial charge in [0.2, 0.25) is 0 Å². The Bertz CT molecular complexity index is 292. The van der Waals surface area contributed by atoms with Crippen molar-refractivity contribution in [2.45, 2.75) is 33.1 Å². The van der Waals surface area contributed by atoms with Gasteiger partial charge in [0.1, 0.15) is 13.2 Å². The molecule has 0 saturated carbocycles. The van der Waals surface area contributed by atoms with E-state index in [2.05, 4.69) is 11.1 Å². The fourth-order valence-corrected chi connectivity index (χ4v) is 0.925. The molecule has 19 heavy (non-hydrogen) atoms. The molecule has 0 spiro atoms. The van der Waals surface area contributed by atoms with Gasteiger partial charge in [-0.15, -0.1) is 0 Å². The summed E-state index contributed by atoms with van der Waals surface area (Å²) < 4.78 is 34.9. The van der Waals surface area contributed by atoms with Crippen LogP contribution >= 0.6 is 0 Å². The van der Waals surface area contributed by atoms with Gasteiger partial charge in [0.15, 0.2) is 6.54 Å². The third kappa shape index (κ3) is 20.2. The summed E-state index contributed by atoms with van der Waals surface area (Å²) in [5, 5.41) is 18.3. The van der Waals surface area contributed by atoms with Gasteiger partial charge >= 0.3 is 10.4 Å². The molecule has 0 aromatic carbocycles. The molecule has 0 radical (unpaired) electrons. The molecule has 0 aromatic heterocycles. The van der Waals surface area contributed by atoms with Gasteiger partial charge < -0.3 is 4.74 Å². The molecule has 0 heterocycles. The summed E-state index contributed by atoms with van der Waals surface area (Å²) in [4.78, 5) is -0.937. The lowest BCUT2D eigenvalue weighted by molar-refractivity contribution is -1.24. The Hall–Kier alpha value is -0.290. The molecule has 0 unspecified atom stereocenters. The van der Waals surface area contributed by atoms with E-state index in [0.29, 0.717) is 13.2 Å². The minimum absolute atomic E-state index is 0.239. The van der Waals surface area contributed by atoms with Crippen molar-refractivity contribution < 1.29 is 37.1 Å². The Morgan fingerprint density at radius 1 is 1.11 bits per heavy atom. The lowest BCUT2D eigenvalue weighted by Crippen LogP contribution is -2.43. The first kappa shape index (κ1) is 21.0. The summed E-state index contributed by atoms with van der Waals surface area (Å²) >= 11 is 0. The molecular formula is C10H26NO7S+. The fourth-order valence-electron chi connectivity index (χ4n) is 0.925. The molecule has 0 rings (SSSR count). The van der Waals surface area contributed by atoms with E-state index in [-0.39, 0.29) is 6.54 Å². The van der Waals surface area contributed by atoms with Gasteiger partial charge in [-0.2, -0.15) is 18.8 Å². The van der Waals surface area contributed by atoms with Crippen LogP contribution in [0.1, 0.15) is 33.1 Å². The summed E-state index contributed by atoms with van der Waals surface area (Å²) in [6.07, 6.45) is 3.41. The van der Waals surface area contributed by atoms with Crippen molar-refractivity contribution in [2.75, 3.05) is 33.4 Å². The second-order valence-corrected chi connectivity index (χ2v) is 5.02. The molecule has 0 fully saturated rings. The van der Waals surface area contributed by atoms with Gasteiger partial charge in [-0.1, -0.05) is 19.8 Å². The molecule has 0 saturated heterocycles. The van der Waals surface area contributed by atoms with Crippen molar-refractivity contribution in [3.05, 3.63) is 0 Å². The molecule has 0 aliphatic heterocycles. The third-order valence-corrected chi connectivity index (χ3v) is 2.62. The number of ether oxygens (including phenoxy) is 1. The second-order valence-electron chi connectivity index (χ2n) is 3.83. The molecule has 8 nitrogen and oxygen atoms in total. The molecule has 3 N–H and O–H groups in total. The van der Waals surface area contributed by atoms with Crippen molar-refractivity contribution in [1.29, 1.82) is 0 Å². The number of hydrogen-bond acceptors (Lipinski definition) is 6. The van der Waals surface area contributed by atoms with Crippen LogP contribution < -0.4 is 0 Å². The van der Waals surface area contributed by atoms with E-state index >= 15 is 0 Å². The van der Waals surface area contributed by atoms with Crippen LogP contribution in [0.3, 0.4) is 0 Å². The average molecular weight is 304 g/mol. The quantitative estimate of drug-likeness (QED) is 0.254. The summed E-state index contributed by atoms with van der Waals surface area (Å²) in [5.41, 5.74) is 0. The lowest BCUT2D eigenvalue weighted by atomic mass is 10.3. The maximum atomic E-state index is 9.33. The van der Waals surface area contributed by atoms with Crippen molar-refractivity contribution in [3.8, 4) is 0 Å². The second kappa shape index (κ2) is 11.5.